The second kappa shape index (κ2) is 3.59. The summed E-state index contributed by atoms with van der Waals surface area (Å²) in [4.78, 5) is 4.42. The zero-order valence-electron chi connectivity index (χ0n) is 9.77. The lowest BCUT2D eigenvalue weighted by Gasteiger charge is -2.03. The Kier molecular flexibility index (Phi) is 2.21. The summed E-state index contributed by atoms with van der Waals surface area (Å²) < 4.78 is 2.16. The Balaban J connectivity index is 1.81. The Labute approximate surface area is 95.5 Å². The van der Waals surface area contributed by atoms with E-state index in [4.69, 9.17) is 0 Å². The topological polar surface area (TPSA) is 29.3 Å². The van der Waals surface area contributed by atoms with Crippen LogP contribution >= 0.6 is 0 Å². The van der Waals surface area contributed by atoms with E-state index < -0.39 is 0 Å². The molecular formula is C13H17N3. The molecule has 16 heavy (non-hydrogen) atoms. The average molecular weight is 215 g/mol. The van der Waals surface area contributed by atoms with Crippen LogP contribution in [0.3, 0.4) is 0 Å². The van der Waals surface area contributed by atoms with Crippen molar-refractivity contribution in [3.63, 3.8) is 0 Å². The van der Waals surface area contributed by atoms with Gasteiger partial charge in [0, 0.05) is 18.8 Å². The first-order chi connectivity index (χ1) is 7.74. The SMILES string of the molecule is Cc1ccn2c(CNC3CC3C)cnc2c1. The number of pyridine rings is 1. The van der Waals surface area contributed by atoms with E-state index in [9.17, 15) is 0 Å². The zero-order chi connectivity index (χ0) is 11.1. The van der Waals surface area contributed by atoms with Crippen molar-refractivity contribution in [2.75, 3.05) is 0 Å². The molecule has 0 amide bonds. The second-order valence-electron chi connectivity index (χ2n) is 4.88. The Morgan fingerprint density at radius 3 is 3.12 bits per heavy atom. The van der Waals surface area contributed by atoms with Gasteiger partial charge in [0.15, 0.2) is 0 Å². The molecule has 2 atom stereocenters. The summed E-state index contributed by atoms with van der Waals surface area (Å²) in [7, 11) is 0. The van der Waals surface area contributed by atoms with E-state index >= 15 is 0 Å². The summed E-state index contributed by atoms with van der Waals surface area (Å²) in [5, 5.41) is 3.55. The molecule has 1 aliphatic carbocycles. The van der Waals surface area contributed by atoms with E-state index in [1.807, 2.05) is 6.20 Å². The van der Waals surface area contributed by atoms with Crippen LogP contribution < -0.4 is 5.32 Å². The molecule has 84 valence electrons. The van der Waals surface area contributed by atoms with Crippen molar-refractivity contribution >= 4 is 5.65 Å². The Hall–Kier alpha value is -1.35. The Morgan fingerprint density at radius 2 is 2.38 bits per heavy atom. The van der Waals surface area contributed by atoms with Gasteiger partial charge in [-0.25, -0.2) is 4.98 Å². The number of hydrogen-bond acceptors (Lipinski definition) is 2. The lowest BCUT2D eigenvalue weighted by molar-refractivity contribution is 0.639. The number of imidazole rings is 1. The molecule has 0 aromatic carbocycles. The first-order valence-corrected chi connectivity index (χ1v) is 5.90. The minimum absolute atomic E-state index is 0.719. The van der Waals surface area contributed by atoms with Gasteiger partial charge in [0.25, 0.3) is 0 Å². The number of aromatic nitrogens is 2. The number of rotatable bonds is 3. The van der Waals surface area contributed by atoms with Gasteiger partial charge in [-0.1, -0.05) is 6.92 Å². The summed E-state index contributed by atoms with van der Waals surface area (Å²) >= 11 is 0. The maximum absolute atomic E-state index is 4.42. The summed E-state index contributed by atoms with van der Waals surface area (Å²) in [6.07, 6.45) is 5.38. The van der Waals surface area contributed by atoms with Crippen LogP contribution in [0.4, 0.5) is 0 Å². The fraction of sp³-hybridized carbons (Fsp3) is 0.462. The van der Waals surface area contributed by atoms with E-state index in [-0.39, 0.29) is 0 Å². The molecule has 1 saturated carbocycles. The third-order valence-corrected chi connectivity index (χ3v) is 3.40. The standard InChI is InChI=1S/C13H17N3/c1-9-3-4-16-11(8-15-13(16)5-9)7-14-12-6-10(12)2/h3-5,8,10,12,14H,6-7H2,1-2H3. The maximum Gasteiger partial charge on any atom is 0.137 e. The van der Waals surface area contributed by atoms with Gasteiger partial charge in [0.05, 0.1) is 11.9 Å². The molecule has 0 bridgehead atoms. The molecule has 2 aromatic rings. The first-order valence-electron chi connectivity index (χ1n) is 5.90. The van der Waals surface area contributed by atoms with E-state index in [1.54, 1.807) is 0 Å². The van der Waals surface area contributed by atoms with Crippen LogP contribution in [-0.4, -0.2) is 15.4 Å². The summed E-state index contributed by atoms with van der Waals surface area (Å²) in [5.41, 5.74) is 3.54. The molecule has 2 aromatic heterocycles. The second-order valence-corrected chi connectivity index (χ2v) is 4.88. The van der Waals surface area contributed by atoms with E-state index in [0.717, 1.165) is 24.2 Å². The molecule has 3 rings (SSSR count). The summed E-state index contributed by atoms with van der Waals surface area (Å²) in [6, 6.07) is 4.96. The van der Waals surface area contributed by atoms with Crippen molar-refractivity contribution < 1.29 is 0 Å². The molecule has 3 heteroatoms. The normalized spacial score (nSPS) is 23.9. The third kappa shape index (κ3) is 1.71. The number of fused-ring (bicyclic) bond motifs is 1. The predicted molar refractivity (Wildman–Crippen MR) is 64.3 cm³/mol. The molecule has 2 heterocycles. The van der Waals surface area contributed by atoms with Crippen LogP contribution in [0.15, 0.2) is 24.5 Å². The molecule has 1 aliphatic rings. The molecule has 0 aliphatic heterocycles. The van der Waals surface area contributed by atoms with Gasteiger partial charge in [-0.05, 0) is 37.0 Å². The van der Waals surface area contributed by atoms with Crippen LogP contribution in [-0.2, 0) is 6.54 Å². The van der Waals surface area contributed by atoms with Crippen LogP contribution in [0.2, 0.25) is 0 Å². The highest BCUT2D eigenvalue weighted by Crippen LogP contribution is 2.29. The maximum atomic E-state index is 4.42. The molecular weight excluding hydrogens is 198 g/mol. The van der Waals surface area contributed by atoms with Gasteiger partial charge in [-0.2, -0.15) is 0 Å². The summed E-state index contributed by atoms with van der Waals surface area (Å²) in [5.74, 6) is 0.849. The van der Waals surface area contributed by atoms with Gasteiger partial charge in [0.1, 0.15) is 5.65 Å². The van der Waals surface area contributed by atoms with Crippen molar-refractivity contribution in [3.8, 4) is 0 Å². The van der Waals surface area contributed by atoms with Gasteiger partial charge in [-0.15, -0.1) is 0 Å². The van der Waals surface area contributed by atoms with Crippen LogP contribution in [0.1, 0.15) is 24.6 Å². The third-order valence-electron chi connectivity index (χ3n) is 3.40. The quantitative estimate of drug-likeness (QED) is 0.850. The number of nitrogens with zero attached hydrogens (tertiary/aromatic N) is 2. The minimum Gasteiger partial charge on any atom is -0.308 e. The molecule has 0 radical (unpaired) electrons. The van der Waals surface area contributed by atoms with Crippen molar-refractivity contribution in [2.24, 2.45) is 5.92 Å². The monoisotopic (exact) mass is 215 g/mol. The van der Waals surface area contributed by atoms with Crippen LogP contribution in [0.5, 0.6) is 0 Å². The smallest absolute Gasteiger partial charge is 0.137 e. The predicted octanol–water partition coefficient (Wildman–Crippen LogP) is 2.14. The van der Waals surface area contributed by atoms with Gasteiger partial charge >= 0.3 is 0 Å². The number of nitrogens with one attached hydrogen (secondary N) is 1. The first kappa shape index (κ1) is 9.85. The lowest BCUT2D eigenvalue weighted by Crippen LogP contribution is -2.18. The summed E-state index contributed by atoms with van der Waals surface area (Å²) in [6.45, 7) is 5.30. The number of hydrogen-bond donors (Lipinski definition) is 1. The highest BCUT2D eigenvalue weighted by Gasteiger charge is 2.31. The van der Waals surface area contributed by atoms with Crippen molar-refractivity contribution in [2.45, 2.75) is 32.9 Å². The fourth-order valence-electron chi connectivity index (χ4n) is 2.11. The highest BCUT2D eigenvalue weighted by molar-refractivity contribution is 5.42. The highest BCUT2D eigenvalue weighted by atomic mass is 15.0. The lowest BCUT2D eigenvalue weighted by atomic mass is 10.3. The molecule has 0 spiro atoms. The van der Waals surface area contributed by atoms with Gasteiger partial charge < -0.3 is 9.72 Å². The van der Waals surface area contributed by atoms with Gasteiger partial charge in [0.2, 0.25) is 0 Å². The van der Waals surface area contributed by atoms with Crippen molar-refractivity contribution in [1.82, 2.24) is 14.7 Å². The molecule has 0 saturated heterocycles. The van der Waals surface area contributed by atoms with Crippen molar-refractivity contribution in [3.05, 3.63) is 35.8 Å². The minimum atomic E-state index is 0.719. The molecule has 3 nitrogen and oxygen atoms in total. The van der Waals surface area contributed by atoms with Crippen molar-refractivity contribution in [1.29, 1.82) is 0 Å². The zero-order valence-corrected chi connectivity index (χ0v) is 9.77. The molecule has 1 fully saturated rings. The van der Waals surface area contributed by atoms with E-state index in [1.165, 1.54) is 17.7 Å². The van der Waals surface area contributed by atoms with E-state index in [0.29, 0.717) is 0 Å². The number of aryl methyl sites for hydroxylation is 1. The van der Waals surface area contributed by atoms with Crippen LogP contribution in [0, 0.1) is 12.8 Å². The average Bonchev–Trinajstić information content (AvgIpc) is 2.83. The van der Waals surface area contributed by atoms with Crippen LogP contribution in [0.25, 0.3) is 5.65 Å². The molecule has 1 N–H and O–H groups in total. The Morgan fingerprint density at radius 1 is 1.56 bits per heavy atom. The van der Waals surface area contributed by atoms with E-state index in [2.05, 4.69) is 46.9 Å². The molecule has 2 unspecified atom stereocenters. The Bertz CT molecular complexity index is 515. The fourth-order valence-corrected chi connectivity index (χ4v) is 2.11. The largest absolute Gasteiger partial charge is 0.308 e. The van der Waals surface area contributed by atoms with Gasteiger partial charge in [-0.3, -0.25) is 0 Å².